The van der Waals surface area contributed by atoms with Crippen molar-refractivity contribution in [1.82, 2.24) is 4.31 Å². The van der Waals surface area contributed by atoms with Gasteiger partial charge in [-0.2, -0.15) is 4.31 Å². The molecule has 156 valence electrons. The lowest BCUT2D eigenvalue weighted by Gasteiger charge is -2.34. The van der Waals surface area contributed by atoms with E-state index >= 15 is 0 Å². The summed E-state index contributed by atoms with van der Waals surface area (Å²) in [6, 6.07) is 11.0. The Kier molecular flexibility index (Phi) is 5.85. The fraction of sp³-hybridized carbons (Fsp3) is 0.316. The molecule has 29 heavy (non-hydrogen) atoms. The normalized spacial score (nSPS) is 17.4. The van der Waals surface area contributed by atoms with Crippen LogP contribution in [0.15, 0.2) is 48.5 Å². The average molecular weight is 428 g/mol. The maximum Gasteiger partial charge on any atom is 0.573 e. The number of alkyl halides is 3. The first-order chi connectivity index (χ1) is 13.6. The molecule has 1 unspecified atom stereocenters. The third-order valence-electron chi connectivity index (χ3n) is 4.59. The molecule has 0 radical (unpaired) electrons. The maximum atomic E-state index is 12.8. The number of carbonyl (C=O) groups excluding carboxylic acids is 1. The Morgan fingerprint density at radius 1 is 1.14 bits per heavy atom. The van der Waals surface area contributed by atoms with Gasteiger partial charge in [0.05, 0.1) is 5.75 Å². The number of carbonyl (C=O) groups is 1. The van der Waals surface area contributed by atoms with E-state index in [0.717, 1.165) is 23.3 Å². The topological polar surface area (TPSA) is 75.7 Å². The molecule has 2 aromatic rings. The monoisotopic (exact) mass is 428 g/mol. The fourth-order valence-electron chi connectivity index (χ4n) is 3.15. The Balaban J connectivity index is 1.80. The summed E-state index contributed by atoms with van der Waals surface area (Å²) in [6.07, 6.45) is -4.61. The van der Waals surface area contributed by atoms with Crippen molar-refractivity contribution in [2.45, 2.75) is 32.3 Å². The van der Waals surface area contributed by atoms with Crippen molar-refractivity contribution in [2.75, 3.05) is 11.1 Å². The number of rotatable bonds is 5. The molecule has 0 aromatic heterocycles. The van der Waals surface area contributed by atoms with Crippen LogP contribution in [0, 0.1) is 0 Å². The molecule has 0 saturated carbocycles. The van der Waals surface area contributed by atoms with Crippen LogP contribution in [-0.2, 0) is 27.8 Å². The second-order valence-electron chi connectivity index (χ2n) is 6.50. The highest BCUT2D eigenvalue weighted by molar-refractivity contribution is 7.89. The summed E-state index contributed by atoms with van der Waals surface area (Å²) in [7, 11) is -3.65. The van der Waals surface area contributed by atoms with Gasteiger partial charge in [-0.15, -0.1) is 13.2 Å². The lowest BCUT2D eigenvalue weighted by molar-refractivity contribution is -0.274. The quantitative estimate of drug-likeness (QED) is 0.793. The minimum atomic E-state index is -4.81. The van der Waals surface area contributed by atoms with Crippen LogP contribution in [0.25, 0.3) is 0 Å². The number of ether oxygens (including phenoxy) is 1. The van der Waals surface area contributed by atoms with Crippen molar-refractivity contribution < 1.29 is 31.1 Å². The van der Waals surface area contributed by atoms with Gasteiger partial charge in [-0.25, -0.2) is 8.42 Å². The molecule has 2 aromatic carbocycles. The number of benzene rings is 2. The van der Waals surface area contributed by atoms with Crippen LogP contribution < -0.4 is 10.1 Å². The Morgan fingerprint density at radius 2 is 1.76 bits per heavy atom. The summed E-state index contributed by atoms with van der Waals surface area (Å²) in [6.45, 7) is 1.59. The first-order valence-corrected chi connectivity index (χ1v) is 10.4. The van der Waals surface area contributed by atoms with Crippen LogP contribution in [0.5, 0.6) is 5.75 Å². The van der Waals surface area contributed by atoms with Crippen molar-refractivity contribution in [3.63, 3.8) is 0 Å². The summed E-state index contributed by atoms with van der Waals surface area (Å²) in [5.41, 5.74) is 1.95. The van der Waals surface area contributed by atoms with Crippen LogP contribution in [0.3, 0.4) is 0 Å². The number of nitrogens with one attached hydrogen (secondary N) is 1. The molecule has 0 aliphatic carbocycles. The summed E-state index contributed by atoms with van der Waals surface area (Å²) in [4.78, 5) is 12.8. The molecule has 0 saturated heterocycles. The molecular formula is C19H19F3N2O4S. The van der Waals surface area contributed by atoms with Crippen molar-refractivity contribution in [2.24, 2.45) is 0 Å². The lowest BCUT2D eigenvalue weighted by Crippen LogP contribution is -2.51. The second kappa shape index (κ2) is 8.03. The first-order valence-electron chi connectivity index (χ1n) is 8.82. The number of sulfonamides is 1. The van der Waals surface area contributed by atoms with E-state index in [4.69, 9.17) is 0 Å². The molecule has 0 spiro atoms. The van der Waals surface area contributed by atoms with Gasteiger partial charge in [0.15, 0.2) is 0 Å². The van der Waals surface area contributed by atoms with Gasteiger partial charge in [0.2, 0.25) is 15.9 Å². The zero-order valence-corrected chi connectivity index (χ0v) is 16.3. The minimum absolute atomic E-state index is 0.0861. The fourth-order valence-corrected chi connectivity index (χ4v) is 4.37. The summed E-state index contributed by atoms with van der Waals surface area (Å²) in [5.74, 6) is -1.12. The largest absolute Gasteiger partial charge is 0.573 e. The van der Waals surface area contributed by atoms with E-state index in [1.807, 2.05) is 18.2 Å². The minimum Gasteiger partial charge on any atom is -0.406 e. The van der Waals surface area contributed by atoms with Crippen molar-refractivity contribution in [3.8, 4) is 5.75 Å². The summed E-state index contributed by atoms with van der Waals surface area (Å²) < 4.78 is 66.8. The molecule has 0 bridgehead atoms. The Morgan fingerprint density at radius 3 is 2.34 bits per heavy atom. The van der Waals surface area contributed by atoms with Gasteiger partial charge in [-0.3, -0.25) is 4.79 Å². The van der Waals surface area contributed by atoms with E-state index in [1.165, 1.54) is 23.4 Å². The molecule has 1 aliphatic rings. The van der Waals surface area contributed by atoms with Crippen molar-refractivity contribution in [1.29, 1.82) is 0 Å². The molecule has 10 heteroatoms. The second-order valence-corrected chi connectivity index (χ2v) is 8.71. The molecule has 1 atom stereocenters. The van der Waals surface area contributed by atoms with Crippen molar-refractivity contribution >= 4 is 21.6 Å². The SMILES string of the molecule is CCS(=O)(=O)N1Cc2ccccc2CC1C(=O)Nc1ccc(OC(F)(F)F)cc1. The van der Waals surface area contributed by atoms with Gasteiger partial charge in [-0.05, 0) is 48.7 Å². The molecule has 1 amide bonds. The number of fused-ring (bicyclic) bond motifs is 1. The standard InChI is InChI=1S/C19H19F3N2O4S/c1-2-29(26,27)24-12-14-6-4-3-5-13(14)11-17(24)18(25)23-15-7-9-16(10-8-15)28-19(20,21)22/h3-10,17H,2,11-12H2,1H3,(H,23,25). The zero-order valence-electron chi connectivity index (χ0n) is 15.4. The molecule has 1 heterocycles. The Bertz CT molecular complexity index is 991. The van der Waals surface area contributed by atoms with Gasteiger partial charge in [0.25, 0.3) is 0 Å². The van der Waals surface area contributed by atoms with Crippen LogP contribution in [0.4, 0.5) is 18.9 Å². The van der Waals surface area contributed by atoms with E-state index in [0.29, 0.717) is 0 Å². The highest BCUT2D eigenvalue weighted by atomic mass is 32.2. The third-order valence-corrected chi connectivity index (χ3v) is 6.41. The predicted molar refractivity (Wildman–Crippen MR) is 101 cm³/mol. The summed E-state index contributed by atoms with van der Waals surface area (Å²) in [5, 5.41) is 2.58. The van der Waals surface area contributed by atoms with Crippen LogP contribution in [0.1, 0.15) is 18.1 Å². The average Bonchev–Trinajstić information content (AvgIpc) is 2.67. The molecule has 1 aliphatic heterocycles. The lowest BCUT2D eigenvalue weighted by atomic mass is 9.95. The molecule has 6 nitrogen and oxygen atoms in total. The Hall–Kier alpha value is -2.59. The van der Waals surface area contributed by atoms with Crippen LogP contribution >= 0.6 is 0 Å². The number of nitrogens with zero attached hydrogens (tertiary/aromatic N) is 1. The highest BCUT2D eigenvalue weighted by Gasteiger charge is 2.38. The first kappa shape index (κ1) is 21.1. The van der Waals surface area contributed by atoms with E-state index in [9.17, 15) is 26.4 Å². The molecule has 0 fully saturated rings. The number of amides is 1. The zero-order chi connectivity index (χ0) is 21.2. The third kappa shape index (κ3) is 5.07. The molecule has 3 rings (SSSR count). The van der Waals surface area contributed by atoms with Crippen LogP contribution in [-0.4, -0.2) is 36.8 Å². The van der Waals surface area contributed by atoms with E-state index in [1.54, 1.807) is 6.07 Å². The summed E-state index contributed by atoms with van der Waals surface area (Å²) >= 11 is 0. The number of hydrogen-bond acceptors (Lipinski definition) is 4. The van der Waals surface area contributed by atoms with Crippen molar-refractivity contribution in [3.05, 3.63) is 59.7 Å². The predicted octanol–water partition coefficient (Wildman–Crippen LogP) is 3.30. The maximum absolute atomic E-state index is 12.8. The van der Waals surface area contributed by atoms with Gasteiger partial charge < -0.3 is 10.1 Å². The van der Waals surface area contributed by atoms with E-state index in [-0.39, 0.29) is 24.4 Å². The molecular weight excluding hydrogens is 409 g/mol. The molecule has 1 N–H and O–H groups in total. The number of hydrogen-bond donors (Lipinski definition) is 1. The van der Waals surface area contributed by atoms with Gasteiger partial charge in [0, 0.05) is 12.2 Å². The van der Waals surface area contributed by atoms with E-state index < -0.39 is 34.1 Å². The van der Waals surface area contributed by atoms with Gasteiger partial charge in [-0.1, -0.05) is 24.3 Å². The number of halogens is 3. The van der Waals surface area contributed by atoms with E-state index in [2.05, 4.69) is 10.1 Å². The Labute approximate surface area is 166 Å². The smallest absolute Gasteiger partial charge is 0.406 e. The van der Waals surface area contributed by atoms with Gasteiger partial charge in [0.1, 0.15) is 11.8 Å². The highest BCUT2D eigenvalue weighted by Crippen LogP contribution is 2.28. The van der Waals surface area contributed by atoms with Crippen LogP contribution in [0.2, 0.25) is 0 Å². The van der Waals surface area contributed by atoms with Gasteiger partial charge >= 0.3 is 6.36 Å². The number of anilines is 1.